The molecular weight excluding hydrogens is 309 g/mol. The molecule has 1 rings (SSSR count). The van der Waals surface area contributed by atoms with Crippen LogP contribution in [0.15, 0.2) is 11.1 Å². The lowest BCUT2D eigenvalue weighted by Crippen LogP contribution is -2.17. The van der Waals surface area contributed by atoms with E-state index >= 15 is 0 Å². The van der Waals surface area contributed by atoms with Crippen LogP contribution in [0, 0.1) is 0 Å². The maximum Gasteiger partial charge on any atom is 0.411 e. The third kappa shape index (κ3) is 5.00. The number of hydrogen-bond acceptors (Lipinski definition) is 4. The number of alkyl halides is 3. The van der Waals surface area contributed by atoms with Crippen LogP contribution in [0.3, 0.4) is 0 Å². The SMILES string of the molecule is CC(C)n1cc(S(=O)(=O)Cl)c(COCC(F)(F)F)n1. The Bertz CT molecular complexity index is 539. The second-order valence-electron chi connectivity index (χ2n) is 4.06. The number of aromatic nitrogens is 2. The smallest absolute Gasteiger partial charge is 0.366 e. The Hall–Kier alpha value is -0.800. The Morgan fingerprint density at radius 2 is 2.05 bits per heavy atom. The number of nitrogens with zero attached hydrogens (tertiary/aromatic N) is 2. The molecule has 0 unspecified atom stereocenters. The topological polar surface area (TPSA) is 61.2 Å². The van der Waals surface area contributed by atoms with Crippen molar-refractivity contribution in [2.75, 3.05) is 6.61 Å². The van der Waals surface area contributed by atoms with Gasteiger partial charge in [-0.05, 0) is 13.8 Å². The highest BCUT2D eigenvalue weighted by atomic mass is 35.7. The predicted molar refractivity (Wildman–Crippen MR) is 61.4 cm³/mol. The van der Waals surface area contributed by atoms with Crippen LogP contribution in [-0.4, -0.2) is 31.0 Å². The Morgan fingerprint density at radius 3 is 2.47 bits per heavy atom. The van der Waals surface area contributed by atoms with Crippen molar-refractivity contribution in [3.8, 4) is 0 Å². The molecule has 0 amide bonds. The molecular formula is C9H12ClF3N2O3S. The van der Waals surface area contributed by atoms with E-state index in [2.05, 4.69) is 9.84 Å². The molecule has 0 saturated carbocycles. The average Bonchev–Trinajstić information content (AvgIpc) is 2.59. The minimum absolute atomic E-state index is 0.145. The predicted octanol–water partition coefficient (Wildman–Crippen LogP) is 2.47. The average molecular weight is 321 g/mol. The van der Waals surface area contributed by atoms with Gasteiger partial charge in [0.1, 0.15) is 17.2 Å². The van der Waals surface area contributed by atoms with E-state index in [9.17, 15) is 21.6 Å². The number of rotatable bonds is 5. The van der Waals surface area contributed by atoms with Crippen LogP contribution in [0.1, 0.15) is 25.6 Å². The zero-order valence-electron chi connectivity index (χ0n) is 10.1. The van der Waals surface area contributed by atoms with Crippen LogP contribution < -0.4 is 0 Å². The summed E-state index contributed by atoms with van der Waals surface area (Å²) in [5.41, 5.74) is -0.145. The van der Waals surface area contributed by atoms with E-state index in [1.807, 2.05) is 0 Å². The fraction of sp³-hybridized carbons (Fsp3) is 0.667. The van der Waals surface area contributed by atoms with Crippen molar-refractivity contribution in [3.05, 3.63) is 11.9 Å². The van der Waals surface area contributed by atoms with Gasteiger partial charge in [0.15, 0.2) is 0 Å². The standard InChI is InChI=1S/C9H12ClF3N2O3S/c1-6(2)15-3-8(19(10,16)17)7(14-15)4-18-5-9(11,12)13/h3,6H,4-5H2,1-2H3. The zero-order chi connectivity index (χ0) is 14.8. The summed E-state index contributed by atoms with van der Waals surface area (Å²) in [5.74, 6) is 0. The van der Waals surface area contributed by atoms with Gasteiger partial charge < -0.3 is 4.74 Å². The number of hydrogen-bond donors (Lipinski definition) is 0. The van der Waals surface area contributed by atoms with Crippen LogP contribution in [0.5, 0.6) is 0 Å². The maximum absolute atomic E-state index is 11.9. The molecule has 0 radical (unpaired) electrons. The quantitative estimate of drug-likeness (QED) is 0.782. The summed E-state index contributed by atoms with van der Waals surface area (Å²) in [7, 11) is 1.11. The van der Waals surface area contributed by atoms with Gasteiger partial charge in [0, 0.05) is 22.9 Å². The molecule has 110 valence electrons. The van der Waals surface area contributed by atoms with Gasteiger partial charge in [0.05, 0.1) is 6.61 Å². The Kier molecular flexibility index (Phi) is 4.86. The summed E-state index contributed by atoms with van der Waals surface area (Å²) in [6.07, 6.45) is -3.32. The van der Waals surface area contributed by atoms with E-state index in [0.29, 0.717) is 0 Å². The van der Waals surface area contributed by atoms with Gasteiger partial charge in [-0.1, -0.05) is 0 Å². The van der Waals surface area contributed by atoms with Gasteiger partial charge in [0.25, 0.3) is 9.05 Å². The van der Waals surface area contributed by atoms with E-state index in [-0.39, 0.29) is 16.6 Å². The first kappa shape index (κ1) is 16.3. The summed E-state index contributed by atoms with van der Waals surface area (Å²) < 4.78 is 64.0. The third-order valence-electron chi connectivity index (χ3n) is 2.07. The minimum atomic E-state index is -4.49. The first-order valence-electron chi connectivity index (χ1n) is 5.18. The van der Waals surface area contributed by atoms with Crippen LogP contribution in [0.4, 0.5) is 13.2 Å². The van der Waals surface area contributed by atoms with Crippen molar-refractivity contribution < 1.29 is 26.3 Å². The second-order valence-corrected chi connectivity index (χ2v) is 6.59. The molecule has 0 spiro atoms. The van der Waals surface area contributed by atoms with Gasteiger partial charge in [0.2, 0.25) is 0 Å². The Labute approximate surface area is 112 Å². The zero-order valence-corrected chi connectivity index (χ0v) is 11.7. The highest BCUT2D eigenvalue weighted by Gasteiger charge is 2.28. The highest BCUT2D eigenvalue weighted by Crippen LogP contribution is 2.22. The monoisotopic (exact) mass is 320 g/mol. The molecule has 0 atom stereocenters. The van der Waals surface area contributed by atoms with Crippen molar-refractivity contribution in [3.63, 3.8) is 0 Å². The normalized spacial score (nSPS) is 13.2. The molecule has 1 aromatic rings. The van der Waals surface area contributed by atoms with Crippen molar-refractivity contribution >= 4 is 19.7 Å². The van der Waals surface area contributed by atoms with Gasteiger partial charge in [-0.25, -0.2) is 8.42 Å². The molecule has 10 heteroatoms. The van der Waals surface area contributed by atoms with Gasteiger partial charge >= 0.3 is 6.18 Å². The summed E-state index contributed by atoms with van der Waals surface area (Å²) in [6.45, 7) is 1.40. The first-order valence-corrected chi connectivity index (χ1v) is 7.49. The Morgan fingerprint density at radius 1 is 1.47 bits per heavy atom. The largest absolute Gasteiger partial charge is 0.411 e. The lowest BCUT2D eigenvalue weighted by atomic mass is 10.4. The molecule has 19 heavy (non-hydrogen) atoms. The van der Waals surface area contributed by atoms with Crippen LogP contribution >= 0.6 is 10.7 Å². The molecule has 0 aliphatic heterocycles. The summed E-state index contributed by atoms with van der Waals surface area (Å²) in [5, 5.41) is 3.86. The maximum atomic E-state index is 11.9. The molecule has 0 aliphatic carbocycles. The van der Waals surface area contributed by atoms with E-state index in [0.717, 1.165) is 0 Å². The number of ether oxygens (including phenoxy) is 1. The van der Waals surface area contributed by atoms with Gasteiger partial charge in [-0.2, -0.15) is 18.3 Å². The second kappa shape index (κ2) is 5.68. The molecule has 0 saturated heterocycles. The van der Waals surface area contributed by atoms with E-state index in [1.165, 1.54) is 10.9 Å². The molecule has 1 heterocycles. The van der Waals surface area contributed by atoms with Crippen molar-refractivity contribution in [1.82, 2.24) is 9.78 Å². The fourth-order valence-electron chi connectivity index (χ4n) is 1.24. The lowest BCUT2D eigenvalue weighted by Gasteiger charge is -2.06. The van der Waals surface area contributed by atoms with Gasteiger partial charge in [-0.3, -0.25) is 4.68 Å². The summed E-state index contributed by atoms with van der Waals surface area (Å²) >= 11 is 0. The molecule has 0 N–H and O–H groups in total. The van der Waals surface area contributed by atoms with Crippen molar-refractivity contribution in [2.24, 2.45) is 0 Å². The van der Waals surface area contributed by atoms with Crippen molar-refractivity contribution in [1.29, 1.82) is 0 Å². The molecule has 5 nitrogen and oxygen atoms in total. The van der Waals surface area contributed by atoms with E-state index < -0.39 is 28.4 Å². The molecule has 1 aromatic heterocycles. The number of halogens is 4. The fourth-order valence-corrected chi connectivity index (χ4v) is 2.25. The van der Waals surface area contributed by atoms with Gasteiger partial charge in [-0.15, -0.1) is 0 Å². The molecule has 0 fully saturated rings. The lowest BCUT2D eigenvalue weighted by molar-refractivity contribution is -0.177. The summed E-state index contributed by atoms with van der Waals surface area (Å²) in [4.78, 5) is -0.343. The molecule has 0 aliphatic rings. The van der Waals surface area contributed by atoms with Crippen molar-refractivity contribution in [2.45, 2.75) is 37.6 Å². The van der Waals surface area contributed by atoms with Crippen LogP contribution in [0.25, 0.3) is 0 Å². The van der Waals surface area contributed by atoms with Crippen LogP contribution in [0.2, 0.25) is 0 Å². The molecule has 0 aromatic carbocycles. The Balaban J connectivity index is 2.93. The highest BCUT2D eigenvalue weighted by molar-refractivity contribution is 8.13. The van der Waals surface area contributed by atoms with Crippen LogP contribution in [-0.2, 0) is 20.4 Å². The third-order valence-corrected chi connectivity index (χ3v) is 3.43. The molecule has 0 bridgehead atoms. The van der Waals surface area contributed by atoms with E-state index in [4.69, 9.17) is 10.7 Å². The summed E-state index contributed by atoms with van der Waals surface area (Å²) in [6, 6.07) is -0.159. The minimum Gasteiger partial charge on any atom is -0.366 e. The van der Waals surface area contributed by atoms with E-state index in [1.54, 1.807) is 13.8 Å². The first-order chi connectivity index (χ1) is 8.50.